The van der Waals surface area contributed by atoms with Crippen LogP contribution in [0.1, 0.15) is 32.4 Å². The lowest BCUT2D eigenvalue weighted by Gasteiger charge is -2.20. The zero-order chi connectivity index (χ0) is 16.0. The fraction of sp³-hybridized carbons (Fsp3) is 0.500. The highest BCUT2D eigenvalue weighted by Gasteiger charge is 2.25. The van der Waals surface area contributed by atoms with Crippen molar-refractivity contribution in [3.8, 4) is 0 Å². The summed E-state index contributed by atoms with van der Waals surface area (Å²) in [5, 5.41) is 12.1. The number of sulfonamides is 1. The first-order valence-electron chi connectivity index (χ1n) is 6.87. The molecular weight excluding hydrogens is 292 g/mol. The maximum Gasteiger partial charge on any atom is 0.243 e. The van der Waals surface area contributed by atoms with Gasteiger partial charge in [-0.25, -0.2) is 8.42 Å². The number of amides is 1. The molecule has 2 N–H and O–H groups in total. The molecule has 0 aliphatic rings. The van der Waals surface area contributed by atoms with E-state index in [1.807, 2.05) is 0 Å². The van der Waals surface area contributed by atoms with Crippen LogP contribution in [0.2, 0.25) is 0 Å². The van der Waals surface area contributed by atoms with Crippen LogP contribution < -0.4 is 5.32 Å². The van der Waals surface area contributed by atoms with Crippen molar-refractivity contribution in [2.75, 3.05) is 19.6 Å². The molecule has 1 rings (SSSR count). The van der Waals surface area contributed by atoms with Gasteiger partial charge in [0.25, 0.3) is 0 Å². The van der Waals surface area contributed by atoms with Crippen molar-refractivity contribution in [2.45, 2.75) is 31.8 Å². The Kier molecular flexibility index (Phi) is 6.32. The molecular formula is C14H22N2O4S. The summed E-state index contributed by atoms with van der Waals surface area (Å²) in [5.74, 6) is -0.338. The number of carbonyl (C=O) groups excluding carboxylic acids is 1. The summed E-state index contributed by atoms with van der Waals surface area (Å²) in [7, 11) is -3.76. The number of hydrogen-bond acceptors (Lipinski definition) is 4. The molecule has 0 bridgehead atoms. The van der Waals surface area contributed by atoms with E-state index in [1.54, 1.807) is 32.9 Å². The molecule has 1 aromatic rings. The summed E-state index contributed by atoms with van der Waals surface area (Å²) in [5.41, 5.74) is 0.519. The Bertz CT molecular complexity index is 584. The highest BCUT2D eigenvalue weighted by atomic mass is 32.2. The van der Waals surface area contributed by atoms with Crippen molar-refractivity contribution in [2.24, 2.45) is 0 Å². The molecule has 21 heavy (non-hydrogen) atoms. The molecule has 1 atom stereocenters. The highest BCUT2D eigenvalue weighted by molar-refractivity contribution is 7.89. The molecule has 0 saturated carbocycles. The van der Waals surface area contributed by atoms with Gasteiger partial charge in [-0.3, -0.25) is 4.79 Å². The number of aliphatic hydroxyl groups is 1. The Morgan fingerprint density at radius 2 is 2.05 bits per heavy atom. The first-order valence-corrected chi connectivity index (χ1v) is 8.31. The first kappa shape index (κ1) is 17.6. The van der Waals surface area contributed by atoms with E-state index in [2.05, 4.69) is 5.32 Å². The summed E-state index contributed by atoms with van der Waals surface area (Å²) >= 11 is 0. The molecule has 1 amide bonds. The van der Waals surface area contributed by atoms with Gasteiger partial charge in [-0.15, -0.1) is 0 Å². The van der Waals surface area contributed by atoms with E-state index in [-0.39, 0.29) is 23.9 Å². The summed E-state index contributed by atoms with van der Waals surface area (Å²) in [6.07, 6.45) is -0.751. The summed E-state index contributed by atoms with van der Waals surface area (Å²) in [4.78, 5) is 11.7. The van der Waals surface area contributed by atoms with E-state index in [9.17, 15) is 18.3 Å². The smallest absolute Gasteiger partial charge is 0.243 e. The van der Waals surface area contributed by atoms with E-state index < -0.39 is 16.1 Å². The van der Waals surface area contributed by atoms with Crippen LogP contribution in [0.15, 0.2) is 29.2 Å². The van der Waals surface area contributed by atoms with Gasteiger partial charge in [-0.05, 0) is 31.5 Å². The van der Waals surface area contributed by atoms with Crippen molar-refractivity contribution in [1.29, 1.82) is 0 Å². The first-order chi connectivity index (χ1) is 9.82. The molecule has 0 aliphatic carbocycles. The van der Waals surface area contributed by atoms with Crippen molar-refractivity contribution in [1.82, 2.24) is 9.62 Å². The van der Waals surface area contributed by atoms with E-state index in [0.29, 0.717) is 12.1 Å². The number of nitrogens with one attached hydrogen (secondary N) is 1. The van der Waals surface area contributed by atoms with Gasteiger partial charge in [0.1, 0.15) is 0 Å². The van der Waals surface area contributed by atoms with Crippen LogP contribution >= 0.6 is 0 Å². The molecule has 1 aromatic carbocycles. The SMILES string of the molecule is CCNC(=O)CN(CC)S(=O)(=O)c1cccc(C(C)O)c1. The number of hydrogen-bond donors (Lipinski definition) is 2. The van der Waals surface area contributed by atoms with Crippen LogP contribution in [0.3, 0.4) is 0 Å². The van der Waals surface area contributed by atoms with Gasteiger partial charge in [0.05, 0.1) is 17.5 Å². The fourth-order valence-electron chi connectivity index (χ4n) is 1.86. The predicted molar refractivity (Wildman–Crippen MR) is 80.2 cm³/mol. The van der Waals surface area contributed by atoms with Crippen molar-refractivity contribution >= 4 is 15.9 Å². The second kappa shape index (κ2) is 7.53. The third-order valence-corrected chi connectivity index (χ3v) is 4.94. The van der Waals surface area contributed by atoms with E-state index in [4.69, 9.17) is 0 Å². The number of rotatable bonds is 7. The van der Waals surface area contributed by atoms with Gasteiger partial charge >= 0.3 is 0 Å². The Morgan fingerprint density at radius 1 is 1.38 bits per heavy atom. The minimum Gasteiger partial charge on any atom is -0.389 e. The largest absolute Gasteiger partial charge is 0.389 e. The molecule has 0 saturated heterocycles. The van der Waals surface area contributed by atoms with Crippen molar-refractivity contribution in [3.63, 3.8) is 0 Å². The number of aliphatic hydroxyl groups excluding tert-OH is 1. The average molecular weight is 314 g/mol. The quantitative estimate of drug-likeness (QED) is 0.782. The van der Waals surface area contributed by atoms with Gasteiger partial charge in [-0.1, -0.05) is 19.1 Å². The Hall–Kier alpha value is -1.44. The lowest BCUT2D eigenvalue weighted by Crippen LogP contribution is -2.40. The molecule has 118 valence electrons. The molecule has 0 aliphatic heterocycles. The molecule has 0 spiro atoms. The molecule has 0 heterocycles. The Balaban J connectivity index is 3.07. The van der Waals surface area contributed by atoms with E-state index >= 15 is 0 Å². The van der Waals surface area contributed by atoms with E-state index in [1.165, 1.54) is 12.1 Å². The standard InChI is InChI=1S/C14H22N2O4S/c1-4-15-14(18)10-16(5-2)21(19,20)13-8-6-7-12(9-13)11(3)17/h6-9,11,17H,4-5,10H2,1-3H3,(H,15,18). The fourth-order valence-corrected chi connectivity index (χ4v) is 3.32. The van der Waals surface area contributed by atoms with Crippen LogP contribution in [0, 0.1) is 0 Å². The minimum absolute atomic E-state index is 0.0760. The molecule has 7 heteroatoms. The lowest BCUT2D eigenvalue weighted by molar-refractivity contribution is -0.121. The molecule has 0 radical (unpaired) electrons. The second-order valence-electron chi connectivity index (χ2n) is 4.63. The van der Waals surface area contributed by atoms with Crippen LogP contribution in [0.5, 0.6) is 0 Å². The predicted octanol–water partition coefficient (Wildman–Crippen LogP) is 0.887. The second-order valence-corrected chi connectivity index (χ2v) is 6.57. The minimum atomic E-state index is -3.76. The maximum absolute atomic E-state index is 12.5. The average Bonchev–Trinajstić information content (AvgIpc) is 2.45. The van der Waals surface area contributed by atoms with Crippen LogP contribution in [0.25, 0.3) is 0 Å². The van der Waals surface area contributed by atoms with Crippen LogP contribution in [0.4, 0.5) is 0 Å². The summed E-state index contributed by atoms with van der Waals surface area (Å²) in [6.45, 7) is 5.44. The Morgan fingerprint density at radius 3 is 2.57 bits per heavy atom. The molecule has 0 fully saturated rings. The van der Waals surface area contributed by atoms with Gasteiger partial charge in [0, 0.05) is 13.1 Å². The van der Waals surface area contributed by atoms with Gasteiger partial charge < -0.3 is 10.4 Å². The molecule has 6 nitrogen and oxygen atoms in total. The van der Waals surface area contributed by atoms with Gasteiger partial charge in [0.15, 0.2) is 0 Å². The number of benzene rings is 1. The van der Waals surface area contributed by atoms with Crippen molar-refractivity contribution in [3.05, 3.63) is 29.8 Å². The maximum atomic E-state index is 12.5. The topological polar surface area (TPSA) is 86.7 Å². The number of likely N-dealkylation sites (N-methyl/N-ethyl adjacent to an activating group) is 2. The lowest BCUT2D eigenvalue weighted by atomic mass is 10.1. The number of carbonyl (C=O) groups is 1. The van der Waals surface area contributed by atoms with Crippen LogP contribution in [-0.2, 0) is 14.8 Å². The number of nitrogens with zero attached hydrogens (tertiary/aromatic N) is 1. The third kappa shape index (κ3) is 4.52. The molecule has 0 aromatic heterocycles. The Labute approximate surface area is 125 Å². The summed E-state index contributed by atoms with van der Waals surface area (Å²) in [6, 6.07) is 6.13. The highest BCUT2D eigenvalue weighted by Crippen LogP contribution is 2.20. The zero-order valence-corrected chi connectivity index (χ0v) is 13.4. The van der Waals surface area contributed by atoms with Crippen molar-refractivity contribution < 1.29 is 18.3 Å². The molecule has 1 unspecified atom stereocenters. The third-order valence-electron chi connectivity index (χ3n) is 3.02. The van der Waals surface area contributed by atoms with Crippen LogP contribution in [-0.4, -0.2) is 43.4 Å². The van der Waals surface area contributed by atoms with Gasteiger partial charge in [-0.2, -0.15) is 4.31 Å². The normalized spacial score (nSPS) is 13.2. The summed E-state index contributed by atoms with van der Waals surface area (Å²) < 4.78 is 26.2. The zero-order valence-electron chi connectivity index (χ0n) is 12.5. The monoisotopic (exact) mass is 314 g/mol. The van der Waals surface area contributed by atoms with Gasteiger partial charge in [0.2, 0.25) is 15.9 Å². The van der Waals surface area contributed by atoms with E-state index in [0.717, 1.165) is 4.31 Å².